The van der Waals surface area contributed by atoms with Crippen LogP contribution in [-0.2, 0) is 11.2 Å². The second kappa shape index (κ2) is 6.37. The summed E-state index contributed by atoms with van der Waals surface area (Å²) in [6, 6.07) is 4.67. The first-order chi connectivity index (χ1) is 7.29. The molecule has 15 heavy (non-hydrogen) atoms. The van der Waals surface area contributed by atoms with Gasteiger partial charge in [-0.2, -0.15) is 0 Å². The molecule has 0 aliphatic rings. The van der Waals surface area contributed by atoms with E-state index in [1.54, 1.807) is 19.2 Å². The van der Waals surface area contributed by atoms with Crippen molar-refractivity contribution in [1.29, 1.82) is 0 Å². The van der Waals surface area contributed by atoms with E-state index in [-0.39, 0.29) is 12.4 Å². The molecule has 0 unspecified atom stereocenters. The largest absolute Gasteiger partial charge is 0.488 e. The summed E-state index contributed by atoms with van der Waals surface area (Å²) in [7, 11) is 1.55. The van der Waals surface area contributed by atoms with Crippen LogP contribution in [-0.4, -0.2) is 32.0 Å². The van der Waals surface area contributed by atoms with E-state index in [1.807, 2.05) is 0 Å². The number of benzene rings is 1. The predicted octanol–water partition coefficient (Wildman–Crippen LogP) is 1.39. The summed E-state index contributed by atoms with van der Waals surface area (Å²) in [5, 5.41) is 8.80. The van der Waals surface area contributed by atoms with Gasteiger partial charge in [-0.05, 0) is 18.1 Å². The first-order valence-corrected chi connectivity index (χ1v) is 4.79. The highest BCUT2D eigenvalue weighted by Crippen LogP contribution is 2.22. The van der Waals surface area contributed by atoms with Crippen LogP contribution in [0.15, 0.2) is 18.2 Å². The van der Waals surface area contributed by atoms with E-state index in [0.717, 1.165) is 0 Å². The Morgan fingerprint density at radius 3 is 2.80 bits per heavy atom. The minimum atomic E-state index is -0.406. The lowest BCUT2D eigenvalue weighted by atomic mass is 10.1. The molecule has 0 amide bonds. The Morgan fingerprint density at radius 2 is 2.13 bits per heavy atom. The van der Waals surface area contributed by atoms with Crippen molar-refractivity contribution in [2.24, 2.45) is 0 Å². The van der Waals surface area contributed by atoms with E-state index in [0.29, 0.717) is 25.2 Å². The van der Waals surface area contributed by atoms with Gasteiger partial charge < -0.3 is 14.6 Å². The molecular formula is C11H15FO3. The lowest BCUT2D eigenvalue weighted by Gasteiger charge is -2.11. The summed E-state index contributed by atoms with van der Waals surface area (Å²) in [5.41, 5.74) is 0.675. The molecule has 0 aliphatic heterocycles. The third-order valence-corrected chi connectivity index (χ3v) is 1.96. The van der Waals surface area contributed by atoms with Crippen molar-refractivity contribution < 1.29 is 19.0 Å². The molecule has 0 aliphatic carbocycles. The van der Waals surface area contributed by atoms with Crippen LogP contribution in [0.25, 0.3) is 0 Å². The summed E-state index contributed by atoms with van der Waals surface area (Å²) in [6.45, 7) is 0.687. The highest BCUT2D eigenvalue weighted by Gasteiger charge is 2.08. The maximum Gasteiger partial charge on any atom is 0.165 e. The number of hydrogen-bond acceptors (Lipinski definition) is 3. The maximum absolute atomic E-state index is 13.4. The van der Waals surface area contributed by atoms with Crippen LogP contribution >= 0.6 is 0 Å². The van der Waals surface area contributed by atoms with Crippen molar-refractivity contribution in [2.75, 3.05) is 26.9 Å². The number of halogens is 1. The number of rotatable bonds is 6. The molecular weight excluding hydrogens is 199 g/mol. The molecule has 0 aromatic heterocycles. The Labute approximate surface area is 88.4 Å². The van der Waals surface area contributed by atoms with Crippen molar-refractivity contribution in [1.82, 2.24) is 0 Å². The Bertz CT molecular complexity index is 302. The molecule has 0 saturated carbocycles. The molecule has 1 rings (SSSR count). The van der Waals surface area contributed by atoms with Crippen LogP contribution in [0, 0.1) is 5.82 Å². The summed E-state index contributed by atoms with van der Waals surface area (Å²) in [4.78, 5) is 0. The van der Waals surface area contributed by atoms with Gasteiger partial charge in [-0.1, -0.05) is 12.1 Å². The van der Waals surface area contributed by atoms with Gasteiger partial charge in [-0.15, -0.1) is 0 Å². The smallest absolute Gasteiger partial charge is 0.165 e. The molecule has 0 atom stereocenters. The average Bonchev–Trinajstić information content (AvgIpc) is 2.23. The molecule has 0 saturated heterocycles. The van der Waals surface area contributed by atoms with Crippen LogP contribution in [0.3, 0.4) is 0 Å². The minimum Gasteiger partial charge on any atom is -0.488 e. The Balaban J connectivity index is 2.72. The first kappa shape index (κ1) is 11.9. The van der Waals surface area contributed by atoms with E-state index in [4.69, 9.17) is 14.6 Å². The molecule has 0 bridgehead atoms. The lowest BCUT2D eigenvalue weighted by Crippen LogP contribution is -2.08. The van der Waals surface area contributed by atoms with Gasteiger partial charge in [0.2, 0.25) is 0 Å². The molecule has 0 radical (unpaired) electrons. The molecule has 1 aromatic rings. The predicted molar refractivity (Wildman–Crippen MR) is 54.6 cm³/mol. The van der Waals surface area contributed by atoms with E-state index in [9.17, 15) is 4.39 Å². The summed E-state index contributed by atoms with van der Waals surface area (Å²) >= 11 is 0. The van der Waals surface area contributed by atoms with Crippen molar-refractivity contribution in [2.45, 2.75) is 6.42 Å². The van der Waals surface area contributed by atoms with Crippen molar-refractivity contribution in [3.05, 3.63) is 29.6 Å². The molecule has 3 nitrogen and oxygen atoms in total. The van der Waals surface area contributed by atoms with Gasteiger partial charge in [0.25, 0.3) is 0 Å². The second-order valence-electron chi connectivity index (χ2n) is 3.04. The van der Waals surface area contributed by atoms with E-state index < -0.39 is 5.82 Å². The molecule has 84 valence electrons. The third kappa shape index (κ3) is 3.49. The fraction of sp³-hybridized carbons (Fsp3) is 0.455. The fourth-order valence-corrected chi connectivity index (χ4v) is 1.26. The van der Waals surface area contributed by atoms with Crippen LogP contribution in [0.4, 0.5) is 4.39 Å². The SMILES string of the molecule is COCCOc1c(F)cccc1CCO. The molecule has 1 aromatic carbocycles. The lowest BCUT2D eigenvalue weighted by molar-refractivity contribution is 0.143. The summed E-state index contributed by atoms with van der Waals surface area (Å²) in [6.07, 6.45) is 0.389. The molecule has 0 fully saturated rings. The van der Waals surface area contributed by atoms with Gasteiger partial charge in [-0.25, -0.2) is 4.39 Å². The quantitative estimate of drug-likeness (QED) is 0.727. The van der Waals surface area contributed by atoms with E-state index in [2.05, 4.69) is 0 Å². The molecule has 0 spiro atoms. The normalized spacial score (nSPS) is 10.3. The third-order valence-electron chi connectivity index (χ3n) is 1.96. The van der Waals surface area contributed by atoms with Crippen LogP contribution in [0.1, 0.15) is 5.56 Å². The van der Waals surface area contributed by atoms with Gasteiger partial charge in [0, 0.05) is 13.7 Å². The van der Waals surface area contributed by atoms with Gasteiger partial charge in [0.15, 0.2) is 11.6 Å². The standard InChI is InChI=1S/C11H15FO3/c1-14-7-8-15-11-9(5-6-13)3-2-4-10(11)12/h2-4,13H,5-8H2,1H3. The average molecular weight is 214 g/mol. The van der Waals surface area contributed by atoms with Crippen LogP contribution in [0.2, 0.25) is 0 Å². The zero-order valence-electron chi connectivity index (χ0n) is 8.70. The highest BCUT2D eigenvalue weighted by atomic mass is 19.1. The number of methoxy groups -OCH3 is 1. The number of aliphatic hydroxyl groups is 1. The number of para-hydroxylation sites is 1. The summed E-state index contributed by atoms with van der Waals surface area (Å²) in [5.74, 6) is -0.194. The molecule has 0 heterocycles. The molecule has 4 heteroatoms. The Hall–Kier alpha value is -1.13. The fourth-order valence-electron chi connectivity index (χ4n) is 1.26. The van der Waals surface area contributed by atoms with Crippen LogP contribution in [0.5, 0.6) is 5.75 Å². The maximum atomic E-state index is 13.4. The number of hydrogen-bond donors (Lipinski definition) is 1. The zero-order chi connectivity index (χ0) is 11.1. The van der Waals surface area contributed by atoms with Gasteiger partial charge >= 0.3 is 0 Å². The summed E-state index contributed by atoms with van der Waals surface area (Å²) < 4.78 is 23.4. The van der Waals surface area contributed by atoms with Gasteiger partial charge in [-0.3, -0.25) is 0 Å². The highest BCUT2D eigenvalue weighted by molar-refractivity contribution is 5.35. The van der Waals surface area contributed by atoms with Crippen molar-refractivity contribution in [3.8, 4) is 5.75 Å². The Kier molecular flexibility index (Phi) is 5.07. The van der Waals surface area contributed by atoms with Crippen LogP contribution < -0.4 is 4.74 Å². The monoisotopic (exact) mass is 214 g/mol. The first-order valence-electron chi connectivity index (χ1n) is 4.79. The van der Waals surface area contributed by atoms with Gasteiger partial charge in [0.1, 0.15) is 6.61 Å². The number of ether oxygens (including phenoxy) is 2. The molecule has 1 N–H and O–H groups in total. The minimum absolute atomic E-state index is 0.0237. The van der Waals surface area contributed by atoms with E-state index >= 15 is 0 Å². The van der Waals surface area contributed by atoms with Crippen molar-refractivity contribution in [3.63, 3.8) is 0 Å². The topological polar surface area (TPSA) is 38.7 Å². The zero-order valence-corrected chi connectivity index (χ0v) is 8.70. The van der Waals surface area contributed by atoms with Crippen molar-refractivity contribution >= 4 is 0 Å². The van der Waals surface area contributed by atoms with E-state index in [1.165, 1.54) is 6.07 Å². The second-order valence-corrected chi connectivity index (χ2v) is 3.04. The van der Waals surface area contributed by atoms with Gasteiger partial charge in [0.05, 0.1) is 6.61 Å². The number of aliphatic hydroxyl groups excluding tert-OH is 1. The Morgan fingerprint density at radius 1 is 1.33 bits per heavy atom.